The molecule has 0 aliphatic carbocycles. The highest BCUT2D eigenvalue weighted by atomic mass is 16.1. The summed E-state index contributed by atoms with van der Waals surface area (Å²) in [5, 5.41) is 18.4. The van der Waals surface area contributed by atoms with Crippen molar-refractivity contribution in [2.24, 2.45) is 43.3 Å². The number of guanidine groups is 2. The molecule has 2 aromatic rings. The highest BCUT2D eigenvalue weighted by Gasteiger charge is 2.11. The fraction of sp³-hybridized carbons (Fsp3) is 0.379. The van der Waals surface area contributed by atoms with Crippen LogP contribution in [0.15, 0.2) is 68.9 Å². The molecule has 0 spiro atoms. The molecule has 2 aromatic carbocycles. The van der Waals surface area contributed by atoms with Gasteiger partial charge in [0.15, 0.2) is 0 Å². The fourth-order valence-corrected chi connectivity index (χ4v) is 3.97. The van der Waals surface area contributed by atoms with Gasteiger partial charge in [-0.3, -0.25) is 9.59 Å². The lowest BCUT2D eigenvalue weighted by Gasteiger charge is -2.09. The first-order chi connectivity index (χ1) is 19.1. The zero-order chi connectivity index (χ0) is 29.3. The Morgan fingerprint density at radius 3 is 1.70 bits per heavy atom. The molecule has 0 aliphatic rings. The van der Waals surface area contributed by atoms with Crippen LogP contribution in [0, 0.1) is 0 Å². The van der Waals surface area contributed by atoms with E-state index in [0.29, 0.717) is 24.3 Å². The van der Waals surface area contributed by atoms with Crippen LogP contribution in [0.3, 0.4) is 0 Å². The van der Waals surface area contributed by atoms with E-state index in [9.17, 15) is 9.59 Å². The molecule has 11 nitrogen and oxygen atoms in total. The summed E-state index contributed by atoms with van der Waals surface area (Å²) in [6, 6.07) is 15.1. The van der Waals surface area contributed by atoms with Crippen molar-refractivity contribution >= 4 is 40.7 Å². The van der Waals surface area contributed by atoms with E-state index in [4.69, 9.17) is 22.9 Å². The molecule has 0 bridgehead atoms. The molecule has 0 unspecified atom stereocenters. The Kier molecular flexibility index (Phi) is 13.6. The molecular weight excluding hydrogens is 506 g/mol. The number of rotatable bonds is 16. The Morgan fingerprint density at radius 1 is 0.675 bits per heavy atom. The molecule has 9 N–H and O–H groups in total. The lowest BCUT2D eigenvalue weighted by Crippen LogP contribution is -2.22. The number of benzene rings is 2. The van der Waals surface area contributed by atoms with Crippen molar-refractivity contribution in [3.8, 4) is 0 Å². The standard InChI is InChI=1S/C29H41N9O2/c1-20(35-37-28(30)31)23-16-22(17-24(19-23)21(2)36-38-29(32)33)18-26(39)14-10-5-3-4-6-11-15-27(40)34-25-12-8-7-9-13-25/h7-9,12-13,16-17,19H,3-6,10-11,14-15,18H2,1-2H3,(H,34,40)(H4,30,31,37)(H4,32,33,38)/b35-20-,36-21+. The van der Waals surface area contributed by atoms with Crippen molar-refractivity contribution < 1.29 is 9.59 Å². The Bertz CT molecular complexity index is 1190. The van der Waals surface area contributed by atoms with Crippen LogP contribution in [0.25, 0.3) is 0 Å². The summed E-state index contributed by atoms with van der Waals surface area (Å²) in [6.07, 6.45) is 7.03. The van der Waals surface area contributed by atoms with Crippen molar-refractivity contribution in [2.75, 3.05) is 5.32 Å². The monoisotopic (exact) mass is 547 g/mol. The Morgan fingerprint density at radius 2 is 1.18 bits per heavy atom. The highest BCUT2D eigenvalue weighted by Crippen LogP contribution is 2.16. The molecule has 1 amide bonds. The van der Waals surface area contributed by atoms with E-state index in [1.165, 1.54) is 0 Å². The molecule has 40 heavy (non-hydrogen) atoms. The molecule has 0 fully saturated rings. The quantitative estimate of drug-likeness (QED) is 0.0920. The SMILES string of the molecule is C/C(=N/N=C(N)N)c1cc(CC(=O)CCCCCCCCC(=O)Nc2ccccc2)cc(/C(C)=N/N=C(N)N)c1. The van der Waals surface area contributed by atoms with E-state index in [1.54, 1.807) is 13.8 Å². The van der Waals surface area contributed by atoms with Crippen LogP contribution in [-0.2, 0) is 16.0 Å². The molecule has 0 aromatic heterocycles. The van der Waals surface area contributed by atoms with Crippen LogP contribution in [0.5, 0.6) is 0 Å². The predicted molar refractivity (Wildman–Crippen MR) is 163 cm³/mol. The molecule has 0 radical (unpaired) electrons. The van der Waals surface area contributed by atoms with Gasteiger partial charge in [0, 0.05) is 24.9 Å². The summed E-state index contributed by atoms with van der Waals surface area (Å²) in [6.45, 7) is 3.55. The first-order valence-electron chi connectivity index (χ1n) is 13.4. The van der Waals surface area contributed by atoms with Gasteiger partial charge in [0.05, 0.1) is 11.4 Å². The molecular formula is C29H41N9O2. The number of carbonyl (C=O) groups excluding carboxylic acids is 2. The van der Waals surface area contributed by atoms with E-state index in [2.05, 4.69) is 25.7 Å². The second-order valence-electron chi connectivity index (χ2n) is 9.59. The number of para-hydroxylation sites is 1. The van der Waals surface area contributed by atoms with Gasteiger partial charge in [-0.15, -0.1) is 10.2 Å². The third kappa shape index (κ3) is 12.8. The average molecular weight is 548 g/mol. The number of unbranched alkanes of at least 4 members (excludes halogenated alkanes) is 5. The van der Waals surface area contributed by atoms with Gasteiger partial charge >= 0.3 is 0 Å². The number of anilines is 1. The van der Waals surface area contributed by atoms with Gasteiger partial charge in [0.2, 0.25) is 17.8 Å². The van der Waals surface area contributed by atoms with E-state index in [-0.39, 0.29) is 30.0 Å². The van der Waals surface area contributed by atoms with Crippen molar-refractivity contribution in [1.82, 2.24) is 0 Å². The number of hydrogen-bond donors (Lipinski definition) is 5. The smallest absolute Gasteiger partial charge is 0.224 e. The first kappa shape index (κ1) is 31.7. The number of carbonyl (C=O) groups is 2. The third-order valence-electron chi connectivity index (χ3n) is 6.03. The zero-order valence-corrected chi connectivity index (χ0v) is 23.4. The maximum Gasteiger partial charge on any atom is 0.224 e. The topological polar surface area (TPSA) is 200 Å². The number of nitrogens with two attached hydrogens (primary N) is 4. The van der Waals surface area contributed by atoms with Crippen LogP contribution in [0.2, 0.25) is 0 Å². The van der Waals surface area contributed by atoms with Crippen LogP contribution in [-0.4, -0.2) is 35.0 Å². The van der Waals surface area contributed by atoms with Crippen molar-refractivity contribution in [2.45, 2.75) is 71.6 Å². The number of amides is 1. The van der Waals surface area contributed by atoms with Gasteiger partial charge < -0.3 is 28.3 Å². The summed E-state index contributed by atoms with van der Waals surface area (Å²) >= 11 is 0. The number of Topliss-reactive ketones (excluding diaryl/α,β-unsaturated/α-hetero) is 1. The second kappa shape index (κ2) is 17.1. The van der Waals surface area contributed by atoms with Gasteiger partial charge in [-0.2, -0.15) is 10.2 Å². The second-order valence-corrected chi connectivity index (χ2v) is 9.59. The molecule has 0 heterocycles. The molecule has 0 atom stereocenters. The van der Waals surface area contributed by atoms with Crippen LogP contribution < -0.4 is 28.3 Å². The average Bonchev–Trinajstić information content (AvgIpc) is 2.92. The normalized spacial score (nSPS) is 11.6. The van der Waals surface area contributed by atoms with E-state index in [0.717, 1.165) is 60.9 Å². The van der Waals surface area contributed by atoms with E-state index in [1.807, 2.05) is 48.5 Å². The van der Waals surface area contributed by atoms with Crippen molar-refractivity contribution in [1.29, 1.82) is 0 Å². The minimum absolute atomic E-state index is 0.0411. The molecule has 11 heteroatoms. The minimum Gasteiger partial charge on any atom is -0.369 e. The van der Waals surface area contributed by atoms with Gasteiger partial charge in [-0.1, -0.05) is 43.9 Å². The van der Waals surface area contributed by atoms with Gasteiger partial charge in [-0.25, -0.2) is 0 Å². The predicted octanol–water partition coefficient (Wildman–Crippen LogP) is 3.55. The van der Waals surface area contributed by atoms with E-state index >= 15 is 0 Å². The summed E-state index contributed by atoms with van der Waals surface area (Å²) < 4.78 is 0. The number of hydrogen-bond acceptors (Lipinski definition) is 6. The maximum atomic E-state index is 12.8. The van der Waals surface area contributed by atoms with E-state index < -0.39 is 0 Å². The fourth-order valence-electron chi connectivity index (χ4n) is 3.97. The van der Waals surface area contributed by atoms with Gasteiger partial charge in [0.25, 0.3) is 0 Å². The Hall–Kier alpha value is -4.54. The lowest BCUT2D eigenvalue weighted by atomic mass is 9.96. The summed E-state index contributed by atoms with van der Waals surface area (Å²) in [4.78, 5) is 24.8. The molecule has 0 saturated carbocycles. The number of nitrogens with zero attached hydrogens (tertiary/aromatic N) is 4. The summed E-state index contributed by atoms with van der Waals surface area (Å²) in [7, 11) is 0. The molecule has 0 aliphatic heterocycles. The number of ketones is 1. The lowest BCUT2D eigenvalue weighted by molar-refractivity contribution is -0.118. The highest BCUT2D eigenvalue weighted by molar-refractivity contribution is 6.04. The van der Waals surface area contributed by atoms with Crippen molar-refractivity contribution in [3.05, 3.63) is 65.2 Å². The molecule has 214 valence electrons. The summed E-state index contributed by atoms with van der Waals surface area (Å²) in [5.74, 6) is -0.104. The van der Waals surface area contributed by atoms with Gasteiger partial charge in [-0.05, 0) is 73.7 Å². The van der Waals surface area contributed by atoms with Crippen LogP contribution >= 0.6 is 0 Å². The minimum atomic E-state index is -0.148. The number of nitrogens with one attached hydrogen (secondary N) is 1. The van der Waals surface area contributed by atoms with Gasteiger partial charge in [0.1, 0.15) is 5.78 Å². The Balaban J connectivity index is 1.83. The summed E-state index contributed by atoms with van der Waals surface area (Å²) in [5.41, 5.74) is 25.9. The molecule has 2 rings (SSSR count). The van der Waals surface area contributed by atoms with Crippen LogP contribution in [0.4, 0.5) is 5.69 Å². The first-order valence-corrected chi connectivity index (χ1v) is 13.4. The Labute approximate surface area is 235 Å². The third-order valence-corrected chi connectivity index (χ3v) is 6.03. The van der Waals surface area contributed by atoms with Crippen molar-refractivity contribution in [3.63, 3.8) is 0 Å². The van der Waals surface area contributed by atoms with Crippen LogP contribution in [0.1, 0.15) is 81.9 Å². The largest absolute Gasteiger partial charge is 0.369 e. The molecule has 0 saturated heterocycles. The maximum absolute atomic E-state index is 12.8. The zero-order valence-electron chi connectivity index (χ0n) is 23.4.